The molecule has 2 amide bonds. The van der Waals surface area contributed by atoms with Crippen LogP contribution < -0.4 is 5.32 Å². The Labute approximate surface area is 131 Å². The maximum Gasteiger partial charge on any atom is 0.335 e. The first kappa shape index (κ1) is 15.8. The number of nitrogens with one attached hydrogen (secondary N) is 1. The number of aromatic carboxylic acids is 1. The molecule has 2 rings (SSSR count). The third-order valence-corrected chi connectivity index (χ3v) is 4.12. The van der Waals surface area contributed by atoms with Gasteiger partial charge >= 0.3 is 12.0 Å². The molecule has 1 fully saturated rings. The molecular weight excluding hydrogens is 338 g/mol. The molecule has 0 radical (unpaired) electrons. The second-order valence-corrected chi connectivity index (χ2v) is 5.93. The van der Waals surface area contributed by atoms with Crippen LogP contribution in [0, 0.1) is 0 Å². The van der Waals surface area contributed by atoms with Crippen LogP contribution in [0.2, 0.25) is 0 Å². The van der Waals surface area contributed by atoms with Gasteiger partial charge in [-0.05, 0) is 54.1 Å². The third-order valence-electron chi connectivity index (χ3n) is 3.46. The van der Waals surface area contributed by atoms with Crippen molar-refractivity contribution in [3.63, 3.8) is 0 Å². The minimum absolute atomic E-state index is 0.158. The van der Waals surface area contributed by atoms with Crippen molar-refractivity contribution in [2.75, 3.05) is 38.5 Å². The summed E-state index contributed by atoms with van der Waals surface area (Å²) in [5, 5.41) is 11.7. The predicted octanol–water partition coefficient (Wildman–Crippen LogP) is 2.32. The molecule has 6 nitrogen and oxygen atoms in total. The monoisotopic (exact) mass is 355 g/mol. The summed E-state index contributed by atoms with van der Waals surface area (Å²) in [6, 6.07) is 4.39. The Morgan fingerprint density at radius 3 is 2.67 bits per heavy atom. The highest BCUT2D eigenvalue weighted by Gasteiger charge is 2.18. The SMILES string of the molecule is CN1CCCN(C(=O)Nc2ccc(C(=O)O)cc2Br)CC1. The van der Waals surface area contributed by atoms with E-state index < -0.39 is 5.97 Å². The summed E-state index contributed by atoms with van der Waals surface area (Å²) < 4.78 is 0.558. The van der Waals surface area contributed by atoms with Crippen LogP contribution in [0.15, 0.2) is 22.7 Å². The van der Waals surface area contributed by atoms with Crippen molar-refractivity contribution in [3.8, 4) is 0 Å². The Kier molecular flexibility index (Phi) is 5.19. The van der Waals surface area contributed by atoms with Gasteiger partial charge in [0.15, 0.2) is 0 Å². The number of halogens is 1. The summed E-state index contributed by atoms with van der Waals surface area (Å²) in [5.74, 6) is -0.996. The quantitative estimate of drug-likeness (QED) is 0.853. The number of likely N-dealkylation sites (N-methyl/N-ethyl adjacent to an activating group) is 1. The van der Waals surface area contributed by atoms with Crippen LogP contribution in [0.5, 0.6) is 0 Å². The number of hydrogen-bond donors (Lipinski definition) is 2. The zero-order chi connectivity index (χ0) is 15.4. The second kappa shape index (κ2) is 6.91. The average Bonchev–Trinajstić information content (AvgIpc) is 2.65. The molecule has 0 atom stereocenters. The Hall–Kier alpha value is -1.60. The van der Waals surface area contributed by atoms with Gasteiger partial charge in [0.25, 0.3) is 0 Å². The average molecular weight is 356 g/mol. The van der Waals surface area contributed by atoms with E-state index in [1.165, 1.54) is 12.1 Å². The number of urea groups is 1. The minimum atomic E-state index is -0.996. The Bertz CT molecular complexity index is 550. The van der Waals surface area contributed by atoms with Crippen LogP contribution in [0.25, 0.3) is 0 Å². The number of hydrogen-bond acceptors (Lipinski definition) is 3. The van der Waals surface area contributed by atoms with Crippen LogP contribution in [0.3, 0.4) is 0 Å². The van der Waals surface area contributed by atoms with Gasteiger partial charge in [-0.1, -0.05) is 0 Å². The van der Waals surface area contributed by atoms with Gasteiger partial charge in [-0.3, -0.25) is 0 Å². The van der Waals surface area contributed by atoms with Crippen molar-refractivity contribution in [2.24, 2.45) is 0 Å². The number of amides is 2. The highest BCUT2D eigenvalue weighted by Crippen LogP contribution is 2.24. The van der Waals surface area contributed by atoms with Gasteiger partial charge in [0.2, 0.25) is 0 Å². The van der Waals surface area contributed by atoms with E-state index in [-0.39, 0.29) is 11.6 Å². The molecule has 1 heterocycles. The molecule has 1 aliphatic rings. The molecule has 114 valence electrons. The first-order valence-corrected chi connectivity index (χ1v) is 7.54. The fraction of sp³-hybridized carbons (Fsp3) is 0.429. The summed E-state index contributed by atoms with van der Waals surface area (Å²) >= 11 is 3.29. The number of anilines is 1. The first-order chi connectivity index (χ1) is 9.97. The summed E-state index contributed by atoms with van der Waals surface area (Å²) in [7, 11) is 2.04. The standard InChI is InChI=1S/C14H18BrN3O3/c1-17-5-2-6-18(8-7-17)14(21)16-12-4-3-10(13(19)20)9-11(12)15/h3-4,9H,2,5-8H2,1H3,(H,16,21)(H,19,20). The zero-order valence-electron chi connectivity index (χ0n) is 11.8. The predicted molar refractivity (Wildman–Crippen MR) is 83.8 cm³/mol. The van der Waals surface area contributed by atoms with Crippen LogP contribution in [0.1, 0.15) is 16.8 Å². The van der Waals surface area contributed by atoms with Gasteiger partial charge in [-0.15, -0.1) is 0 Å². The smallest absolute Gasteiger partial charge is 0.335 e. The fourth-order valence-electron chi connectivity index (χ4n) is 2.19. The number of carbonyl (C=O) groups excluding carboxylic acids is 1. The van der Waals surface area contributed by atoms with Crippen molar-refractivity contribution in [3.05, 3.63) is 28.2 Å². The Balaban J connectivity index is 2.03. The van der Waals surface area contributed by atoms with Crippen molar-refractivity contribution in [1.82, 2.24) is 9.80 Å². The van der Waals surface area contributed by atoms with Crippen LogP contribution in [-0.4, -0.2) is 60.1 Å². The molecule has 0 aliphatic carbocycles. The van der Waals surface area contributed by atoms with Crippen molar-refractivity contribution >= 4 is 33.6 Å². The van der Waals surface area contributed by atoms with Gasteiger partial charge < -0.3 is 20.2 Å². The molecule has 1 aliphatic heterocycles. The van der Waals surface area contributed by atoms with Crippen LogP contribution in [-0.2, 0) is 0 Å². The largest absolute Gasteiger partial charge is 0.478 e. The van der Waals surface area contributed by atoms with Gasteiger partial charge in [0.05, 0.1) is 11.3 Å². The molecule has 1 saturated heterocycles. The van der Waals surface area contributed by atoms with E-state index in [9.17, 15) is 9.59 Å². The fourth-order valence-corrected chi connectivity index (χ4v) is 2.67. The normalized spacial score (nSPS) is 16.4. The van der Waals surface area contributed by atoms with E-state index in [0.717, 1.165) is 26.1 Å². The number of nitrogens with zero attached hydrogens (tertiary/aromatic N) is 2. The topological polar surface area (TPSA) is 72.9 Å². The van der Waals surface area contributed by atoms with Crippen LogP contribution >= 0.6 is 15.9 Å². The maximum atomic E-state index is 12.3. The molecular formula is C14H18BrN3O3. The lowest BCUT2D eigenvalue weighted by Gasteiger charge is -2.21. The number of carboxylic acids is 1. The molecule has 0 spiro atoms. The Morgan fingerprint density at radius 2 is 2.00 bits per heavy atom. The lowest BCUT2D eigenvalue weighted by molar-refractivity contribution is 0.0697. The highest BCUT2D eigenvalue weighted by molar-refractivity contribution is 9.10. The van der Waals surface area contributed by atoms with Gasteiger partial charge in [-0.2, -0.15) is 0 Å². The van der Waals surface area contributed by atoms with E-state index in [4.69, 9.17) is 5.11 Å². The van der Waals surface area contributed by atoms with E-state index in [1.807, 2.05) is 7.05 Å². The molecule has 7 heteroatoms. The number of benzene rings is 1. The second-order valence-electron chi connectivity index (χ2n) is 5.07. The lowest BCUT2D eigenvalue weighted by atomic mass is 10.2. The van der Waals surface area contributed by atoms with Gasteiger partial charge in [-0.25, -0.2) is 9.59 Å². The molecule has 1 aromatic carbocycles. The summed E-state index contributed by atoms with van der Waals surface area (Å²) in [6.45, 7) is 3.25. The van der Waals surface area contributed by atoms with E-state index in [0.29, 0.717) is 16.7 Å². The molecule has 1 aromatic rings. The minimum Gasteiger partial charge on any atom is -0.478 e. The third kappa shape index (κ3) is 4.18. The molecule has 21 heavy (non-hydrogen) atoms. The molecule has 2 N–H and O–H groups in total. The highest BCUT2D eigenvalue weighted by atomic mass is 79.9. The zero-order valence-corrected chi connectivity index (χ0v) is 13.4. The summed E-state index contributed by atoms with van der Waals surface area (Å²) in [4.78, 5) is 27.1. The molecule has 0 bridgehead atoms. The van der Waals surface area contributed by atoms with Crippen molar-refractivity contribution in [1.29, 1.82) is 0 Å². The summed E-state index contributed by atoms with van der Waals surface area (Å²) in [5.41, 5.74) is 0.749. The molecule has 0 unspecified atom stereocenters. The lowest BCUT2D eigenvalue weighted by Crippen LogP contribution is -2.37. The number of carboxylic acid groups (broad SMARTS) is 1. The number of carbonyl (C=O) groups is 2. The van der Waals surface area contributed by atoms with Gasteiger partial charge in [0, 0.05) is 24.1 Å². The summed E-state index contributed by atoms with van der Waals surface area (Å²) in [6.07, 6.45) is 0.947. The van der Waals surface area contributed by atoms with E-state index in [2.05, 4.69) is 26.1 Å². The molecule has 0 aromatic heterocycles. The van der Waals surface area contributed by atoms with Crippen LogP contribution in [0.4, 0.5) is 10.5 Å². The molecule has 0 saturated carbocycles. The van der Waals surface area contributed by atoms with Crippen molar-refractivity contribution < 1.29 is 14.7 Å². The maximum absolute atomic E-state index is 12.3. The van der Waals surface area contributed by atoms with E-state index in [1.54, 1.807) is 11.0 Å². The van der Waals surface area contributed by atoms with E-state index >= 15 is 0 Å². The van der Waals surface area contributed by atoms with Gasteiger partial charge in [0.1, 0.15) is 0 Å². The Morgan fingerprint density at radius 1 is 1.24 bits per heavy atom. The first-order valence-electron chi connectivity index (χ1n) is 6.74. The number of rotatable bonds is 2. The van der Waals surface area contributed by atoms with Crippen molar-refractivity contribution in [2.45, 2.75) is 6.42 Å².